The van der Waals surface area contributed by atoms with E-state index in [1.165, 1.54) is 16.7 Å². The Kier molecular flexibility index (Phi) is 5.82. The fraction of sp³-hybridized carbons (Fsp3) is 0.368. The summed E-state index contributed by atoms with van der Waals surface area (Å²) in [6.07, 6.45) is 2.10. The van der Waals surface area contributed by atoms with Gasteiger partial charge in [0.05, 0.1) is 7.11 Å². The number of methoxy groups -OCH3 is 1. The van der Waals surface area contributed by atoms with Crippen molar-refractivity contribution < 1.29 is 4.74 Å². The zero-order valence-electron chi connectivity index (χ0n) is 13.2. The van der Waals surface area contributed by atoms with Gasteiger partial charge in [-0.25, -0.2) is 0 Å². The highest BCUT2D eigenvalue weighted by Crippen LogP contribution is 2.28. The molecule has 0 radical (unpaired) electrons. The van der Waals surface area contributed by atoms with E-state index in [0.717, 1.165) is 25.1 Å². The van der Waals surface area contributed by atoms with E-state index in [9.17, 15) is 0 Å². The highest BCUT2D eigenvalue weighted by molar-refractivity contribution is 5.40. The highest BCUT2D eigenvalue weighted by atomic mass is 16.5. The molecule has 21 heavy (non-hydrogen) atoms. The second-order valence-corrected chi connectivity index (χ2v) is 5.44. The zero-order valence-corrected chi connectivity index (χ0v) is 13.2. The van der Waals surface area contributed by atoms with Crippen LogP contribution in [0, 0.1) is 6.92 Å². The molecule has 0 aliphatic heterocycles. The van der Waals surface area contributed by atoms with Crippen LogP contribution >= 0.6 is 0 Å². The van der Waals surface area contributed by atoms with Gasteiger partial charge in [-0.2, -0.15) is 0 Å². The maximum Gasteiger partial charge on any atom is 0.123 e. The van der Waals surface area contributed by atoms with Gasteiger partial charge < -0.3 is 10.1 Å². The van der Waals surface area contributed by atoms with Gasteiger partial charge in [0.2, 0.25) is 0 Å². The SMILES string of the molecule is CCCNC(Cc1ccccc1)c1ccc(C)cc1OC. The Morgan fingerprint density at radius 1 is 1.10 bits per heavy atom. The quantitative estimate of drug-likeness (QED) is 0.818. The summed E-state index contributed by atoms with van der Waals surface area (Å²) < 4.78 is 5.58. The van der Waals surface area contributed by atoms with Crippen molar-refractivity contribution in [2.45, 2.75) is 32.7 Å². The molecule has 0 aliphatic rings. The summed E-state index contributed by atoms with van der Waals surface area (Å²) in [5.74, 6) is 0.972. The number of nitrogens with one attached hydrogen (secondary N) is 1. The first-order valence-corrected chi connectivity index (χ1v) is 7.66. The van der Waals surface area contributed by atoms with Gasteiger partial charge in [-0.15, -0.1) is 0 Å². The summed E-state index contributed by atoms with van der Waals surface area (Å²) in [4.78, 5) is 0. The molecule has 1 unspecified atom stereocenters. The second-order valence-electron chi connectivity index (χ2n) is 5.44. The van der Waals surface area contributed by atoms with E-state index in [-0.39, 0.29) is 6.04 Å². The molecule has 2 heteroatoms. The van der Waals surface area contributed by atoms with Crippen molar-refractivity contribution in [3.63, 3.8) is 0 Å². The van der Waals surface area contributed by atoms with Crippen molar-refractivity contribution in [3.8, 4) is 5.75 Å². The van der Waals surface area contributed by atoms with Crippen molar-refractivity contribution in [1.29, 1.82) is 0 Å². The van der Waals surface area contributed by atoms with Crippen LogP contribution in [0.1, 0.15) is 36.1 Å². The first-order valence-electron chi connectivity index (χ1n) is 7.66. The molecule has 2 aromatic rings. The van der Waals surface area contributed by atoms with Crippen molar-refractivity contribution in [2.24, 2.45) is 0 Å². The minimum Gasteiger partial charge on any atom is -0.496 e. The maximum atomic E-state index is 5.58. The van der Waals surface area contributed by atoms with E-state index < -0.39 is 0 Å². The third-order valence-electron chi connectivity index (χ3n) is 3.69. The van der Waals surface area contributed by atoms with Gasteiger partial charge in [0.15, 0.2) is 0 Å². The minimum atomic E-state index is 0.280. The minimum absolute atomic E-state index is 0.280. The number of hydrogen-bond acceptors (Lipinski definition) is 2. The Balaban J connectivity index is 2.27. The molecule has 0 aliphatic carbocycles. The molecule has 0 spiro atoms. The van der Waals surface area contributed by atoms with E-state index in [0.29, 0.717) is 0 Å². The monoisotopic (exact) mass is 283 g/mol. The first-order chi connectivity index (χ1) is 10.2. The van der Waals surface area contributed by atoms with E-state index in [4.69, 9.17) is 4.74 Å². The molecule has 0 fully saturated rings. The third-order valence-corrected chi connectivity index (χ3v) is 3.69. The lowest BCUT2D eigenvalue weighted by molar-refractivity contribution is 0.398. The molecule has 0 bridgehead atoms. The van der Waals surface area contributed by atoms with Crippen molar-refractivity contribution in [3.05, 3.63) is 65.2 Å². The predicted molar refractivity (Wildman–Crippen MR) is 88.9 cm³/mol. The van der Waals surface area contributed by atoms with Gasteiger partial charge in [-0.1, -0.05) is 49.4 Å². The molecule has 0 saturated carbocycles. The standard InChI is InChI=1S/C19H25NO/c1-4-12-20-18(14-16-8-6-5-7-9-16)17-11-10-15(2)13-19(17)21-3/h5-11,13,18,20H,4,12,14H2,1-3H3. The van der Waals surface area contributed by atoms with Crippen LogP contribution in [0.15, 0.2) is 48.5 Å². The summed E-state index contributed by atoms with van der Waals surface area (Å²) in [5.41, 5.74) is 3.80. The summed E-state index contributed by atoms with van der Waals surface area (Å²) in [7, 11) is 1.75. The normalized spacial score (nSPS) is 12.1. The average Bonchev–Trinajstić information content (AvgIpc) is 2.52. The molecule has 0 heterocycles. The summed E-state index contributed by atoms with van der Waals surface area (Å²) in [6, 6.07) is 17.3. The average molecular weight is 283 g/mol. The smallest absolute Gasteiger partial charge is 0.123 e. The molecule has 2 aromatic carbocycles. The number of hydrogen-bond donors (Lipinski definition) is 1. The van der Waals surface area contributed by atoms with Crippen molar-refractivity contribution >= 4 is 0 Å². The van der Waals surface area contributed by atoms with Crippen LogP contribution in [-0.4, -0.2) is 13.7 Å². The van der Waals surface area contributed by atoms with Gasteiger partial charge in [0, 0.05) is 11.6 Å². The third kappa shape index (κ3) is 4.33. The molecule has 0 aromatic heterocycles. The first kappa shape index (κ1) is 15.6. The fourth-order valence-electron chi connectivity index (χ4n) is 2.57. The lowest BCUT2D eigenvalue weighted by atomic mass is 9.97. The Bertz CT molecular complexity index is 551. The van der Waals surface area contributed by atoms with E-state index in [1.54, 1.807) is 7.11 Å². The predicted octanol–water partition coefficient (Wildman–Crippen LogP) is 4.29. The van der Waals surface area contributed by atoms with Gasteiger partial charge >= 0.3 is 0 Å². The molecule has 1 atom stereocenters. The number of rotatable bonds is 7. The van der Waals surface area contributed by atoms with Gasteiger partial charge in [0.25, 0.3) is 0 Å². The van der Waals surface area contributed by atoms with Crippen molar-refractivity contribution in [1.82, 2.24) is 5.32 Å². The van der Waals surface area contributed by atoms with Gasteiger partial charge in [0.1, 0.15) is 5.75 Å². The van der Waals surface area contributed by atoms with Crippen LogP contribution in [0.2, 0.25) is 0 Å². The van der Waals surface area contributed by atoms with Crippen molar-refractivity contribution in [2.75, 3.05) is 13.7 Å². The molecule has 1 N–H and O–H groups in total. The molecule has 2 rings (SSSR count). The van der Waals surface area contributed by atoms with Crippen LogP contribution in [-0.2, 0) is 6.42 Å². The van der Waals surface area contributed by atoms with Crippen LogP contribution in [0.5, 0.6) is 5.75 Å². The van der Waals surface area contributed by atoms with Crippen LogP contribution in [0.3, 0.4) is 0 Å². The second kappa shape index (κ2) is 7.84. The zero-order chi connectivity index (χ0) is 15.1. The number of benzene rings is 2. The van der Waals surface area contributed by atoms with Crippen LogP contribution in [0.25, 0.3) is 0 Å². The molecule has 2 nitrogen and oxygen atoms in total. The Hall–Kier alpha value is -1.80. The van der Waals surface area contributed by atoms with Gasteiger partial charge in [-0.05, 0) is 43.5 Å². The Morgan fingerprint density at radius 2 is 1.86 bits per heavy atom. The van der Waals surface area contributed by atoms with Gasteiger partial charge in [-0.3, -0.25) is 0 Å². The lowest BCUT2D eigenvalue weighted by Crippen LogP contribution is -2.24. The van der Waals surface area contributed by atoms with E-state index in [1.807, 2.05) is 0 Å². The summed E-state index contributed by atoms with van der Waals surface area (Å²) >= 11 is 0. The molecule has 112 valence electrons. The maximum absolute atomic E-state index is 5.58. The summed E-state index contributed by atoms with van der Waals surface area (Å²) in [5, 5.41) is 3.65. The lowest BCUT2D eigenvalue weighted by Gasteiger charge is -2.22. The number of aryl methyl sites for hydroxylation is 1. The Morgan fingerprint density at radius 3 is 2.52 bits per heavy atom. The largest absolute Gasteiger partial charge is 0.496 e. The molecular weight excluding hydrogens is 258 g/mol. The van der Waals surface area contributed by atoms with E-state index in [2.05, 4.69) is 67.7 Å². The van der Waals surface area contributed by atoms with Crippen LogP contribution in [0.4, 0.5) is 0 Å². The van der Waals surface area contributed by atoms with E-state index >= 15 is 0 Å². The highest BCUT2D eigenvalue weighted by Gasteiger charge is 2.16. The molecule has 0 amide bonds. The fourth-order valence-corrected chi connectivity index (χ4v) is 2.57. The van der Waals surface area contributed by atoms with Crippen LogP contribution < -0.4 is 10.1 Å². The Labute approximate surface area is 128 Å². The summed E-state index contributed by atoms with van der Waals surface area (Å²) in [6.45, 7) is 5.30. The number of ether oxygens (including phenoxy) is 1. The molecule has 0 saturated heterocycles. The topological polar surface area (TPSA) is 21.3 Å². The molecular formula is C19H25NO.